The maximum Gasteiger partial charge on any atom is 0.338 e. The first-order chi connectivity index (χ1) is 10.1. The molecule has 21 heavy (non-hydrogen) atoms. The van der Waals surface area contributed by atoms with Crippen LogP contribution < -0.4 is 0 Å². The van der Waals surface area contributed by atoms with Crippen molar-refractivity contribution in [3.63, 3.8) is 0 Å². The molecular formula is C14H16N2O5. The van der Waals surface area contributed by atoms with Gasteiger partial charge in [0, 0.05) is 6.07 Å². The van der Waals surface area contributed by atoms with Gasteiger partial charge < -0.3 is 4.74 Å². The maximum atomic E-state index is 11.7. The third-order valence-corrected chi connectivity index (χ3v) is 3.87. The molecule has 112 valence electrons. The zero-order valence-corrected chi connectivity index (χ0v) is 11.7. The van der Waals surface area contributed by atoms with Gasteiger partial charge in [0.25, 0.3) is 5.69 Å². The topological polar surface area (TPSA) is 98.9 Å². The number of rotatable bonds is 4. The summed E-state index contributed by atoms with van der Waals surface area (Å²) in [4.78, 5) is 33.2. The average molecular weight is 292 g/mol. The van der Waals surface area contributed by atoms with E-state index in [2.05, 4.69) is 9.91 Å². The minimum Gasteiger partial charge on any atom is -0.465 e. The zero-order valence-electron chi connectivity index (χ0n) is 11.7. The Morgan fingerprint density at radius 3 is 2.52 bits per heavy atom. The molecule has 0 bridgehead atoms. The van der Waals surface area contributed by atoms with Gasteiger partial charge in [0.05, 0.1) is 17.6 Å². The van der Waals surface area contributed by atoms with Gasteiger partial charge in [-0.1, -0.05) is 19.3 Å². The lowest BCUT2D eigenvalue weighted by Gasteiger charge is -2.22. The number of nitro groups is 1. The lowest BCUT2D eigenvalue weighted by atomic mass is 9.82. The Labute approximate surface area is 121 Å². The van der Waals surface area contributed by atoms with E-state index in [1.165, 1.54) is 13.2 Å². The number of carbonyl (C=O) groups is 1. The quantitative estimate of drug-likeness (QED) is 0.363. The van der Waals surface area contributed by atoms with E-state index in [4.69, 9.17) is 0 Å². The molecule has 0 aromatic heterocycles. The largest absolute Gasteiger partial charge is 0.465 e. The summed E-state index contributed by atoms with van der Waals surface area (Å²) in [6, 6.07) is 2.56. The minimum atomic E-state index is -0.685. The molecule has 0 spiro atoms. The van der Waals surface area contributed by atoms with Gasteiger partial charge in [0.15, 0.2) is 5.69 Å². The Morgan fingerprint density at radius 1 is 1.33 bits per heavy atom. The normalized spacial score (nSPS) is 15.5. The molecule has 0 saturated heterocycles. The van der Waals surface area contributed by atoms with Crippen molar-refractivity contribution in [1.82, 2.24) is 0 Å². The van der Waals surface area contributed by atoms with Crippen LogP contribution in [0.3, 0.4) is 0 Å². The van der Waals surface area contributed by atoms with Crippen molar-refractivity contribution in [2.24, 2.45) is 5.18 Å². The third kappa shape index (κ3) is 3.07. The van der Waals surface area contributed by atoms with Crippen molar-refractivity contribution < 1.29 is 14.5 Å². The van der Waals surface area contributed by atoms with Gasteiger partial charge in [0.1, 0.15) is 0 Å². The highest BCUT2D eigenvalue weighted by Crippen LogP contribution is 2.42. The van der Waals surface area contributed by atoms with Crippen molar-refractivity contribution in [3.05, 3.63) is 38.3 Å². The molecule has 7 nitrogen and oxygen atoms in total. The second-order valence-corrected chi connectivity index (χ2v) is 5.11. The van der Waals surface area contributed by atoms with Crippen molar-refractivity contribution in [1.29, 1.82) is 0 Å². The van der Waals surface area contributed by atoms with E-state index in [1.807, 2.05) is 0 Å². The summed E-state index contributed by atoms with van der Waals surface area (Å²) in [6.07, 6.45) is 4.78. The van der Waals surface area contributed by atoms with Gasteiger partial charge in [-0.05, 0) is 35.6 Å². The van der Waals surface area contributed by atoms with Gasteiger partial charge in [-0.25, -0.2) is 4.79 Å². The number of ether oxygens (including phenoxy) is 1. The number of nitroso groups, excluding NO2 is 1. The molecule has 0 radical (unpaired) electrons. The van der Waals surface area contributed by atoms with Crippen LogP contribution in [0.2, 0.25) is 0 Å². The number of nitrogens with zero attached hydrogens (tertiary/aromatic N) is 2. The van der Waals surface area contributed by atoms with Crippen LogP contribution in [0, 0.1) is 15.0 Å². The number of benzene rings is 1. The fourth-order valence-electron chi connectivity index (χ4n) is 2.84. The van der Waals surface area contributed by atoms with Crippen LogP contribution in [0.1, 0.15) is 53.9 Å². The number of hydrogen-bond donors (Lipinski definition) is 0. The number of carbonyl (C=O) groups excluding carboxylic acids is 1. The van der Waals surface area contributed by atoms with Crippen LogP contribution in [0.15, 0.2) is 17.3 Å². The van der Waals surface area contributed by atoms with E-state index < -0.39 is 16.6 Å². The van der Waals surface area contributed by atoms with Crippen LogP contribution in [0.5, 0.6) is 0 Å². The van der Waals surface area contributed by atoms with E-state index in [-0.39, 0.29) is 17.2 Å². The number of hydrogen-bond acceptors (Lipinski definition) is 6. The van der Waals surface area contributed by atoms with E-state index in [9.17, 15) is 19.8 Å². The first-order valence-electron chi connectivity index (χ1n) is 6.82. The molecule has 1 aromatic carbocycles. The molecule has 0 aliphatic heterocycles. The summed E-state index contributed by atoms with van der Waals surface area (Å²) in [5, 5.41) is 14.0. The fraction of sp³-hybridized carbons (Fsp3) is 0.500. The van der Waals surface area contributed by atoms with Crippen LogP contribution in [0.25, 0.3) is 0 Å². The van der Waals surface area contributed by atoms with Crippen molar-refractivity contribution >= 4 is 17.3 Å². The smallest absolute Gasteiger partial charge is 0.338 e. The molecule has 0 unspecified atom stereocenters. The Morgan fingerprint density at radius 2 is 2.00 bits per heavy atom. The minimum absolute atomic E-state index is 0.0229. The van der Waals surface area contributed by atoms with E-state index in [1.54, 1.807) is 0 Å². The van der Waals surface area contributed by atoms with Crippen LogP contribution in [-0.4, -0.2) is 18.0 Å². The summed E-state index contributed by atoms with van der Waals surface area (Å²) >= 11 is 0. The molecule has 0 heterocycles. The van der Waals surface area contributed by atoms with E-state index in [0.717, 1.165) is 38.2 Å². The zero-order chi connectivity index (χ0) is 15.4. The van der Waals surface area contributed by atoms with Crippen LogP contribution >= 0.6 is 0 Å². The average Bonchev–Trinajstić information content (AvgIpc) is 2.53. The molecule has 7 heteroatoms. The van der Waals surface area contributed by atoms with E-state index in [0.29, 0.717) is 5.56 Å². The highest BCUT2D eigenvalue weighted by Gasteiger charge is 2.28. The lowest BCUT2D eigenvalue weighted by Crippen LogP contribution is -2.09. The first-order valence-corrected chi connectivity index (χ1v) is 6.82. The van der Waals surface area contributed by atoms with Crippen molar-refractivity contribution in [2.75, 3.05) is 7.11 Å². The third-order valence-electron chi connectivity index (χ3n) is 3.87. The maximum absolute atomic E-state index is 11.7. The molecule has 2 rings (SSSR count). The Kier molecular flexibility index (Phi) is 4.62. The molecular weight excluding hydrogens is 276 g/mol. The Hall–Kier alpha value is -2.31. The number of methoxy groups -OCH3 is 1. The molecule has 1 aliphatic carbocycles. The number of esters is 1. The fourth-order valence-corrected chi connectivity index (χ4v) is 2.84. The van der Waals surface area contributed by atoms with Crippen molar-refractivity contribution in [2.45, 2.75) is 38.0 Å². The van der Waals surface area contributed by atoms with Gasteiger partial charge >= 0.3 is 5.97 Å². The van der Waals surface area contributed by atoms with Gasteiger partial charge in [-0.15, -0.1) is 4.91 Å². The van der Waals surface area contributed by atoms with Gasteiger partial charge in [-0.3, -0.25) is 10.1 Å². The Balaban J connectivity index is 2.58. The van der Waals surface area contributed by atoms with Crippen LogP contribution in [0.4, 0.5) is 11.4 Å². The number of nitro benzene ring substituents is 1. The predicted molar refractivity (Wildman–Crippen MR) is 75.7 cm³/mol. The summed E-state index contributed by atoms with van der Waals surface area (Å²) < 4.78 is 4.62. The molecule has 1 fully saturated rings. The predicted octanol–water partition coefficient (Wildman–Crippen LogP) is 3.83. The highest BCUT2D eigenvalue weighted by molar-refractivity contribution is 5.92. The van der Waals surface area contributed by atoms with Gasteiger partial charge in [0.2, 0.25) is 0 Å². The van der Waals surface area contributed by atoms with Crippen LogP contribution in [-0.2, 0) is 4.74 Å². The van der Waals surface area contributed by atoms with Crippen molar-refractivity contribution in [3.8, 4) is 0 Å². The summed E-state index contributed by atoms with van der Waals surface area (Å²) in [7, 11) is 1.21. The first kappa shape index (κ1) is 15.1. The lowest BCUT2D eigenvalue weighted by molar-refractivity contribution is -0.384. The summed E-state index contributed by atoms with van der Waals surface area (Å²) in [5.74, 6) is -0.637. The SMILES string of the molecule is COC(=O)c1cc(C2CCCCC2)c(N=O)c([N+](=O)[O-])c1. The summed E-state index contributed by atoms with van der Waals surface area (Å²) in [5.41, 5.74) is -0.0375. The van der Waals surface area contributed by atoms with Gasteiger partial charge in [-0.2, -0.15) is 0 Å². The molecule has 1 aliphatic rings. The second kappa shape index (κ2) is 6.43. The Bertz CT molecular complexity index is 579. The highest BCUT2D eigenvalue weighted by atomic mass is 16.6. The molecule has 1 aromatic rings. The monoisotopic (exact) mass is 292 g/mol. The second-order valence-electron chi connectivity index (χ2n) is 5.11. The molecule has 0 amide bonds. The van der Waals surface area contributed by atoms with E-state index >= 15 is 0 Å². The summed E-state index contributed by atoms with van der Waals surface area (Å²) in [6.45, 7) is 0. The molecule has 1 saturated carbocycles. The molecule has 0 N–H and O–H groups in total. The molecule has 0 atom stereocenters. The standard InChI is InChI=1S/C14H16N2O5/c1-21-14(17)10-7-11(9-5-3-2-4-6-9)13(15-18)12(8-10)16(19)20/h7-9H,2-6H2,1H3.